The normalized spacial score (nSPS) is 15.3. The van der Waals surface area contributed by atoms with Gasteiger partial charge in [0.25, 0.3) is 0 Å². The molecule has 0 saturated heterocycles. The second-order valence-corrected chi connectivity index (χ2v) is 19.3. The average molecular weight is 312 g/mol. The van der Waals surface area contributed by atoms with Crippen molar-refractivity contribution in [2.24, 2.45) is 0 Å². The Kier molecular flexibility index (Phi) is 3.99. The third-order valence-corrected chi connectivity index (χ3v) is 20.4. The monoisotopic (exact) mass is 311 g/mol. The summed E-state index contributed by atoms with van der Waals surface area (Å²) in [5.74, 6) is 0. The molecular weight excluding hydrogens is 302 g/mol. The van der Waals surface area contributed by atoms with Crippen LogP contribution in [0.3, 0.4) is 0 Å². The molecule has 0 saturated carbocycles. The summed E-state index contributed by atoms with van der Waals surface area (Å²) in [7, 11) is 0. The second-order valence-electron chi connectivity index (χ2n) is 2.01. The molecule has 0 aromatic heterocycles. The molecule has 0 rings (SSSR count). The van der Waals surface area contributed by atoms with E-state index in [4.69, 9.17) is 0 Å². The van der Waals surface area contributed by atoms with Crippen LogP contribution >= 0.6 is 24.2 Å². The van der Waals surface area contributed by atoms with Crippen molar-refractivity contribution < 1.29 is 15.4 Å². The molecule has 0 radical (unpaired) electrons. The Morgan fingerprint density at radius 3 is 1.50 bits per heavy atom. The number of rotatable bonds is 1. The van der Waals surface area contributed by atoms with Crippen molar-refractivity contribution in [3.63, 3.8) is 0 Å². The maximum atomic E-state index is 2.49. The molecule has 0 N–H and O–H groups in total. The van der Waals surface area contributed by atoms with Gasteiger partial charge in [0.05, 0.1) is 0 Å². The zero-order chi connectivity index (χ0) is 5.21. The van der Waals surface area contributed by atoms with E-state index in [1.165, 1.54) is 0 Å². The van der Waals surface area contributed by atoms with Crippen molar-refractivity contribution in [2.45, 2.75) is 0 Å². The van der Waals surface area contributed by atoms with E-state index < -0.39 is 5.15 Å². The van der Waals surface area contributed by atoms with Crippen molar-refractivity contribution in [3.8, 4) is 0 Å². The molecule has 0 aromatic rings. The van der Waals surface area contributed by atoms with Gasteiger partial charge in [-0.1, -0.05) is 0 Å². The first-order valence-electron chi connectivity index (χ1n) is 1.76. The van der Waals surface area contributed by atoms with Crippen LogP contribution in [-0.4, -0.2) is 20.0 Å². The summed E-state index contributed by atoms with van der Waals surface area (Å²) in [6.45, 7) is 7.16. The Morgan fingerprint density at radius 2 is 1.50 bits per heavy atom. The van der Waals surface area contributed by atoms with Crippen molar-refractivity contribution in [2.75, 3.05) is 20.0 Å². The van der Waals surface area contributed by atoms with Crippen LogP contribution in [0, 0.1) is 0 Å². The fraction of sp³-hybridized carbons (Fsp3) is 1.00. The summed E-state index contributed by atoms with van der Waals surface area (Å²) in [4.78, 5) is 0. The first kappa shape index (κ1) is 7.90. The van der Waals surface area contributed by atoms with Crippen LogP contribution in [0.4, 0.5) is 0 Å². The molecule has 0 fully saturated rings. The first-order valence-corrected chi connectivity index (χ1v) is 11.7. The van der Waals surface area contributed by atoms with Gasteiger partial charge < -0.3 is 0 Å². The van der Waals surface area contributed by atoms with Crippen molar-refractivity contribution in [1.29, 1.82) is 0 Å². The first-order chi connectivity index (χ1) is 2.56. The third-order valence-electron chi connectivity index (χ3n) is 0.171. The minimum atomic E-state index is -0.615. The fourth-order valence-corrected chi connectivity index (χ4v) is 0. The summed E-state index contributed by atoms with van der Waals surface area (Å²) in [5.41, 5.74) is 0. The molecule has 0 aliphatic heterocycles. The van der Waals surface area contributed by atoms with Gasteiger partial charge >= 0.3 is 59.6 Å². The Labute approximate surface area is 59.1 Å². The van der Waals surface area contributed by atoms with Crippen LogP contribution in [0.1, 0.15) is 0 Å². The summed E-state index contributed by atoms with van der Waals surface area (Å²) in [5, 5.41) is -0.615. The summed E-state index contributed by atoms with van der Waals surface area (Å²) in [6, 6.07) is 0. The number of hydrogen-bond acceptors (Lipinski definition) is 0. The van der Waals surface area contributed by atoms with Crippen LogP contribution < -0.4 is 0 Å². The van der Waals surface area contributed by atoms with E-state index >= 15 is 0 Å². The summed E-state index contributed by atoms with van der Waals surface area (Å²) >= 11 is 3.65. The van der Waals surface area contributed by atoms with Gasteiger partial charge in [0.15, 0.2) is 0 Å². The standard InChI is InChI=1S/C3H9P.Ag.HI/c1-4(2)3;;/h1-3H3;;1H. The second kappa shape index (κ2) is 3.03. The molecule has 6 heavy (non-hydrogen) atoms. The Hall–Kier alpha value is 1.90. The van der Waals surface area contributed by atoms with Crippen LogP contribution in [0.2, 0.25) is 0 Å². The average Bonchev–Trinajstić information content (AvgIpc) is 1.35. The van der Waals surface area contributed by atoms with Crippen molar-refractivity contribution in [1.82, 2.24) is 0 Å². The quantitative estimate of drug-likeness (QED) is 0.395. The maximum absolute atomic E-state index is 2.49. The summed E-state index contributed by atoms with van der Waals surface area (Å²) < 4.78 is 0. The zero-order valence-electron chi connectivity index (χ0n) is 4.18. The van der Waals surface area contributed by atoms with Crippen LogP contribution in [0.25, 0.3) is 0 Å². The number of halogens is 1. The Bertz CT molecular complexity index is 40.5. The van der Waals surface area contributed by atoms with Crippen LogP contribution in [0.5, 0.6) is 0 Å². The predicted molar refractivity (Wildman–Crippen MR) is 40.1 cm³/mol. The van der Waals surface area contributed by atoms with Gasteiger partial charge in [0, 0.05) is 0 Å². The molecule has 45 valence electrons. The van der Waals surface area contributed by atoms with Crippen LogP contribution in [0.15, 0.2) is 0 Å². The topological polar surface area (TPSA) is 0 Å². The molecule has 0 bridgehead atoms. The van der Waals surface area contributed by atoms with E-state index in [1.807, 2.05) is 0 Å². The van der Waals surface area contributed by atoms with Gasteiger partial charge in [0.2, 0.25) is 0 Å². The minimum absolute atomic E-state index is 0.615. The SMILES string of the molecule is C[PH](C)(C)[Ag][I]. The fourth-order valence-electron chi connectivity index (χ4n) is 0. The Morgan fingerprint density at radius 1 is 1.33 bits per heavy atom. The summed E-state index contributed by atoms with van der Waals surface area (Å²) in [6.07, 6.45) is 0. The zero-order valence-corrected chi connectivity index (χ0v) is 8.82. The molecule has 0 spiro atoms. The molecule has 0 aliphatic rings. The predicted octanol–water partition coefficient (Wildman–Crippen LogP) is 1.97. The van der Waals surface area contributed by atoms with E-state index in [0.29, 0.717) is 0 Å². The molecule has 0 nitrogen and oxygen atoms in total. The van der Waals surface area contributed by atoms with Gasteiger partial charge in [-0.15, -0.1) is 0 Å². The third kappa shape index (κ3) is 5.90. The van der Waals surface area contributed by atoms with E-state index in [0.717, 1.165) is 15.4 Å². The van der Waals surface area contributed by atoms with Gasteiger partial charge in [0.1, 0.15) is 0 Å². The van der Waals surface area contributed by atoms with Gasteiger partial charge in [-0.2, -0.15) is 0 Å². The van der Waals surface area contributed by atoms with Gasteiger partial charge in [-0.05, 0) is 0 Å². The molecule has 3 heteroatoms. The van der Waals surface area contributed by atoms with Crippen molar-refractivity contribution >= 4 is 24.2 Å². The molecule has 0 aromatic carbocycles. The molecule has 0 unspecified atom stereocenters. The van der Waals surface area contributed by atoms with Crippen LogP contribution in [-0.2, 0) is 15.4 Å². The van der Waals surface area contributed by atoms with E-state index in [-0.39, 0.29) is 0 Å². The van der Waals surface area contributed by atoms with E-state index in [1.54, 1.807) is 0 Å². The van der Waals surface area contributed by atoms with Gasteiger partial charge in [-0.3, -0.25) is 0 Å². The molecule has 0 atom stereocenters. The van der Waals surface area contributed by atoms with Gasteiger partial charge in [-0.25, -0.2) is 0 Å². The molecule has 0 aliphatic carbocycles. The number of hydrogen-bond donors (Lipinski definition) is 0. The van der Waals surface area contributed by atoms with E-state index in [9.17, 15) is 0 Å². The van der Waals surface area contributed by atoms with Crippen molar-refractivity contribution in [3.05, 3.63) is 0 Å². The molecule has 0 amide bonds. The molecule has 0 heterocycles. The molecular formula is C3H10AgIP. The van der Waals surface area contributed by atoms with E-state index in [2.05, 4.69) is 39.0 Å². The Balaban J connectivity index is 3.17.